The molecule has 2 heterocycles. The summed E-state index contributed by atoms with van der Waals surface area (Å²) in [6.45, 7) is 1.26. The Bertz CT molecular complexity index is 811. The zero-order chi connectivity index (χ0) is 17.5. The van der Waals surface area contributed by atoms with Crippen LogP contribution in [-0.2, 0) is 11.0 Å². The second-order valence-corrected chi connectivity index (χ2v) is 5.65. The molecule has 2 aromatic heterocycles. The summed E-state index contributed by atoms with van der Waals surface area (Å²) < 4.78 is 38.5. The van der Waals surface area contributed by atoms with Crippen molar-refractivity contribution in [3.8, 4) is 17.6 Å². The van der Waals surface area contributed by atoms with Crippen molar-refractivity contribution >= 4 is 11.6 Å². The molecule has 10 heteroatoms. The van der Waals surface area contributed by atoms with E-state index >= 15 is 0 Å². The van der Waals surface area contributed by atoms with Gasteiger partial charge >= 0.3 is 6.18 Å². The molecule has 0 saturated heterocycles. The summed E-state index contributed by atoms with van der Waals surface area (Å²) >= 11 is 0. The van der Waals surface area contributed by atoms with Crippen molar-refractivity contribution in [3.63, 3.8) is 0 Å². The second-order valence-electron chi connectivity index (χ2n) is 5.65. The van der Waals surface area contributed by atoms with Crippen LogP contribution in [0.2, 0.25) is 0 Å². The summed E-state index contributed by atoms with van der Waals surface area (Å²) in [5.74, 6) is -1.33. The van der Waals surface area contributed by atoms with Crippen LogP contribution in [0.25, 0.3) is 11.5 Å². The van der Waals surface area contributed by atoms with Crippen LogP contribution in [0.15, 0.2) is 6.20 Å². The molecular weight excluding hydrogens is 325 g/mol. The van der Waals surface area contributed by atoms with Gasteiger partial charge in [0.15, 0.2) is 11.5 Å². The third kappa shape index (κ3) is 2.97. The zero-order valence-electron chi connectivity index (χ0n) is 12.5. The van der Waals surface area contributed by atoms with E-state index in [0.29, 0.717) is 0 Å². The average molecular weight is 338 g/mol. The summed E-state index contributed by atoms with van der Waals surface area (Å²) in [7, 11) is 0. The highest BCUT2D eigenvalue weighted by molar-refractivity contribution is 5.97. The number of aryl methyl sites for hydroxylation is 1. The molecule has 1 aliphatic rings. The number of aromatic amines is 2. The molecule has 3 N–H and O–H groups in total. The molecule has 1 unspecified atom stereocenters. The fraction of sp³-hybridized carbons (Fsp3) is 0.429. The third-order valence-electron chi connectivity index (χ3n) is 3.80. The number of imidazole rings is 1. The number of nitrogens with one attached hydrogen (secondary N) is 3. The Morgan fingerprint density at radius 2 is 2.21 bits per heavy atom. The first-order chi connectivity index (χ1) is 11.3. The highest BCUT2D eigenvalue weighted by atomic mass is 19.4. The monoisotopic (exact) mass is 338 g/mol. The largest absolute Gasteiger partial charge is 0.435 e. The summed E-state index contributed by atoms with van der Waals surface area (Å²) in [6.07, 6.45) is -1.69. The minimum atomic E-state index is -4.58. The summed E-state index contributed by atoms with van der Waals surface area (Å²) in [6, 6.07) is 1.95. The number of rotatable bonds is 4. The van der Waals surface area contributed by atoms with Crippen molar-refractivity contribution in [2.24, 2.45) is 11.8 Å². The van der Waals surface area contributed by atoms with E-state index in [2.05, 4.69) is 25.5 Å². The summed E-state index contributed by atoms with van der Waals surface area (Å²) in [5, 5.41) is 17.9. The highest BCUT2D eigenvalue weighted by Crippen LogP contribution is 2.37. The Labute approximate surface area is 134 Å². The molecule has 7 nitrogen and oxygen atoms in total. The number of hydrogen-bond acceptors (Lipinski definition) is 4. The lowest BCUT2D eigenvalue weighted by molar-refractivity contribution is -0.141. The van der Waals surface area contributed by atoms with Crippen LogP contribution < -0.4 is 5.32 Å². The standard InChI is InChI=1S/C14H13F3N6O/c1-6-11(14(15,16)17)22-12(20-6)10-9(5-19-23-10)21-13(24)8(4-18)7-2-3-7/h5,7-8H,2-3H2,1H3,(H,19,23)(H,20,22)(H,21,24). The van der Waals surface area contributed by atoms with Gasteiger partial charge in [0.05, 0.1) is 18.0 Å². The quantitative estimate of drug-likeness (QED) is 0.796. The van der Waals surface area contributed by atoms with Crippen LogP contribution in [0.1, 0.15) is 24.2 Å². The van der Waals surface area contributed by atoms with Crippen LogP contribution in [0, 0.1) is 30.1 Å². The molecule has 1 fully saturated rings. The number of nitriles is 1. The lowest BCUT2D eigenvalue weighted by Gasteiger charge is -2.08. The van der Waals surface area contributed by atoms with Crippen molar-refractivity contribution in [1.82, 2.24) is 20.2 Å². The third-order valence-corrected chi connectivity index (χ3v) is 3.80. The molecule has 1 amide bonds. The number of carbonyl (C=O) groups is 1. The molecule has 1 saturated carbocycles. The molecular formula is C14H13F3N6O. The number of amides is 1. The molecule has 0 spiro atoms. The first-order valence-electron chi connectivity index (χ1n) is 7.19. The predicted octanol–water partition coefficient (Wildman–Crippen LogP) is 2.62. The van der Waals surface area contributed by atoms with Crippen molar-refractivity contribution in [3.05, 3.63) is 17.6 Å². The number of anilines is 1. The van der Waals surface area contributed by atoms with Gasteiger partial charge in [-0.3, -0.25) is 9.89 Å². The van der Waals surface area contributed by atoms with Gasteiger partial charge in [-0.15, -0.1) is 0 Å². The number of hydrogen-bond donors (Lipinski definition) is 3. The van der Waals surface area contributed by atoms with Crippen LogP contribution in [0.4, 0.5) is 18.9 Å². The van der Waals surface area contributed by atoms with Crippen LogP contribution >= 0.6 is 0 Å². The van der Waals surface area contributed by atoms with Gasteiger partial charge in [0.1, 0.15) is 11.6 Å². The van der Waals surface area contributed by atoms with Gasteiger partial charge in [0, 0.05) is 5.69 Å². The molecule has 0 radical (unpaired) electrons. The first kappa shape index (κ1) is 16.0. The van der Waals surface area contributed by atoms with Gasteiger partial charge in [-0.05, 0) is 25.7 Å². The first-order valence-corrected chi connectivity index (χ1v) is 7.19. The average Bonchev–Trinajstić information content (AvgIpc) is 3.07. The number of aromatic nitrogens is 4. The fourth-order valence-electron chi connectivity index (χ4n) is 2.43. The van der Waals surface area contributed by atoms with Crippen LogP contribution in [-0.4, -0.2) is 26.1 Å². The maximum Gasteiger partial charge on any atom is 0.435 e. The SMILES string of the molecule is Cc1[nH]c(-c2[nH]ncc2NC(=O)C(C#N)C2CC2)nc1C(F)(F)F. The lowest BCUT2D eigenvalue weighted by Crippen LogP contribution is -2.23. The van der Waals surface area contributed by atoms with Gasteiger partial charge < -0.3 is 10.3 Å². The Hall–Kier alpha value is -2.83. The van der Waals surface area contributed by atoms with Gasteiger partial charge in [0.25, 0.3) is 0 Å². The number of alkyl halides is 3. The van der Waals surface area contributed by atoms with E-state index in [1.165, 1.54) is 13.1 Å². The molecule has 0 aliphatic heterocycles. The Morgan fingerprint density at radius 1 is 1.50 bits per heavy atom. The van der Waals surface area contributed by atoms with E-state index in [-0.39, 0.29) is 28.8 Å². The summed E-state index contributed by atoms with van der Waals surface area (Å²) in [5.41, 5.74) is -0.882. The molecule has 126 valence electrons. The van der Waals surface area contributed by atoms with Crippen LogP contribution in [0.3, 0.4) is 0 Å². The van der Waals surface area contributed by atoms with Gasteiger partial charge in [0.2, 0.25) is 5.91 Å². The van der Waals surface area contributed by atoms with Gasteiger partial charge in [-0.2, -0.15) is 23.5 Å². The Balaban J connectivity index is 1.86. The number of halogens is 3. The Kier molecular flexibility index (Phi) is 3.79. The second kappa shape index (κ2) is 5.67. The van der Waals surface area contributed by atoms with E-state index in [9.17, 15) is 18.0 Å². The number of carbonyl (C=O) groups excluding carboxylic acids is 1. The maximum atomic E-state index is 12.8. The lowest BCUT2D eigenvalue weighted by atomic mass is 10.1. The van der Waals surface area contributed by atoms with E-state index in [1.54, 1.807) is 0 Å². The molecule has 0 bridgehead atoms. The van der Waals surface area contributed by atoms with E-state index in [4.69, 9.17) is 5.26 Å². The van der Waals surface area contributed by atoms with Crippen molar-refractivity contribution in [2.75, 3.05) is 5.32 Å². The molecule has 3 rings (SSSR count). The molecule has 24 heavy (non-hydrogen) atoms. The minimum absolute atomic E-state index is 0.0352. The van der Waals surface area contributed by atoms with Gasteiger partial charge in [-0.1, -0.05) is 0 Å². The van der Waals surface area contributed by atoms with E-state index in [1.807, 2.05) is 6.07 Å². The molecule has 2 aromatic rings. The van der Waals surface area contributed by atoms with Crippen molar-refractivity contribution < 1.29 is 18.0 Å². The summed E-state index contributed by atoms with van der Waals surface area (Å²) in [4.78, 5) is 18.2. The topological polar surface area (TPSA) is 110 Å². The molecule has 1 atom stereocenters. The molecule has 0 aromatic carbocycles. The minimum Gasteiger partial charge on any atom is -0.340 e. The predicted molar refractivity (Wildman–Crippen MR) is 76.4 cm³/mol. The van der Waals surface area contributed by atoms with Crippen LogP contribution in [0.5, 0.6) is 0 Å². The van der Waals surface area contributed by atoms with E-state index in [0.717, 1.165) is 12.8 Å². The molecule has 1 aliphatic carbocycles. The smallest absolute Gasteiger partial charge is 0.340 e. The van der Waals surface area contributed by atoms with E-state index < -0.39 is 23.7 Å². The van der Waals surface area contributed by atoms with Gasteiger partial charge in [-0.25, -0.2) is 4.98 Å². The van der Waals surface area contributed by atoms with Crippen molar-refractivity contribution in [1.29, 1.82) is 5.26 Å². The number of H-pyrrole nitrogens is 2. The maximum absolute atomic E-state index is 12.8. The normalized spacial score (nSPS) is 15.8. The number of nitrogens with zero attached hydrogens (tertiary/aromatic N) is 3. The Morgan fingerprint density at radius 3 is 2.75 bits per heavy atom. The fourth-order valence-corrected chi connectivity index (χ4v) is 2.43. The highest BCUT2D eigenvalue weighted by Gasteiger charge is 2.38. The van der Waals surface area contributed by atoms with Crippen molar-refractivity contribution in [2.45, 2.75) is 25.9 Å². The zero-order valence-corrected chi connectivity index (χ0v) is 12.5.